The lowest BCUT2D eigenvalue weighted by atomic mass is 9.91. The zero-order valence-electron chi connectivity index (χ0n) is 80.5. The van der Waals surface area contributed by atoms with Gasteiger partial charge in [0.2, 0.25) is 0 Å². The van der Waals surface area contributed by atoms with Gasteiger partial charge in [-0.15, -0.1) is 0 Å². The highest BCUT2D eigenvalue weighted by Crippen LogP contribution is 2.55. The van der Waals surface area contributed by atoms with Crippen LogP contribution in [0.15, 0.2) is 328 Å². The van der Waals surface area contributed by atoms with Gasteiger partial charge in [0.15, 0.2) is 34.5 Å². The van der Waals surface area contributed by atoms with Gasteiger partial charge in [0.1, 0.15) is 0 Å². The van der Waals surface area contributed by atoms with Crippen molar-refractivity contribution in [3.63, 3.8) is 0 Å². The summed E-state index contributed by atoms with van der Waals surface area (Å²) in [4.78, 5) is 0. The number of hydrogen-bond donors (Lipinski definition) is 0. The number of ether oxygens (including phenoxy) is 6. The van der Waals surface area contributed by atoms with Gasteiger partial charge in [0.05, 0.1) is 39.6 Å². The van der Waals surface area contributed by atoms with Crippen molar-refractivity contribution in [3.05, 3.63) is 394 Å². The number of fused-ring (bicyclic) bond motifs is 24. The Kier molecular flexibility index (Phi) is 28.1. The molecule has 0 N–H and O–H groups in total. The molecule has 22 rings (SSSR count). The first-order valence-electron chi connectivity index (χ1n) is 53.0. The summed E-state index contributed by atoms with van der Waals surface area (Å²) in [5.41, 5.74) is 34.5. The van der Waals surface area contributed by atoms with Gasteiger partial charge in [-0.05, 0) is 279 Å². The summed E-state index contributed by atoms with van der Waals surface area (Å²) in [6.45, 7) is 3.48. The molecule has 6 aliphatic carbocycles. The second-order valence-electron chi connectivity index (χ2n) is 40.2. The van der Waals surface area contributed by atoms with Gasteiger partial charge < -0.3 is 28.4 Å². The molecule has 6 aliphatic rings. The topological polar surface area (TPSA) is 55.4 Å². The quantitative estimate of drug-likeness (QED) is 0.0280. The molecule has 0 fully saturated rings. The van der Waals surface area contributed by atoms with Crippen LogP contribution in [0.25, 0.3) is 99.1 Å². The number of unbranched alkanes of at least 4 members (excludes halogenated alkanes) is 18. The zero-order chi connectivity index (χ0) is 92.1. The lowest BCUT2D eigenvalue weighted by molar-refractivity contribution is 0.258. The van der Waals surface area contributed by atoms with E-state index in [1.54, 1.807) is 0 Å². The summed E-state index contributed by atoms with van der Waals surface area (Å²) in [5, 5.41) is 6.52. The summed E-state index contributed by atoms with van der Waals surface area (Å²) in [6.07, 6.45) is 32.6. The van der Waals surface area contributed by atoms with Crippen LogP contribution in [0, 0.1) is 0 Å². The van der Waals surface area contributed by atoms with Crippen LogP contribution in [0.4, 0.5) is 0 Å². The van der Waals surface area contributed by atoms with Gasteiger partial charge in [-0.25, -0.2) is 0 Å². The van der Waals surface area contributed by atoms with Crippen LogP contribution in [0.1, 0.15) is 295 Å². The van der Waals surface area contributed by atoms with Crippen molar-refractivity contribution in [2.45, 2.75) is 228 Å². The van der Waals surface area contributed by atoms with Crippen LogP contribution in [-0.2, 0) is 0 Å². The third-order valence-corrected chi connectivity index (χ3v) is 31.8. The largest absolute Gasteiger partial charge is 0.490 e. The normalized spacial score (nSPS) is 13.7. The summed E-state index contributed by atoms with van der Waals surface area (Å²) in [6, 6.07) is 123. The van der Waals surface area contributed by atoms with E-state index in [0.29, 0.717) is 75.1 Å². The van der Waals surface area contributed by atoms with Crippen LogP contribution >= 0.6 is 0 Å². The van der Waals surface area contributed by atoms with Crippen LogP contribution < -0.4 is 28.4 Å². The van der Waals surface area contributed by atoms with Gasteiger partial charge in [0, 0.05) is 35.5 Å². The molecule has 0 amide bonds. The smallest absolute Gasteiger partial charge is 0.161 e. The van der Waals surface area contributed by atoms with E-state index in [1.807, 2.05) is 0 Å². The fourth-order valence-electron chi connectivity index (χ4n) is 25.0. The maximum Gasteiger partial charge on any atom is 0.161 e. The molecular formula is C132H132O6. The molecule has 0 aliphatic heterocycles. The highest BCUT2D eigenvalue weighted by molar-refractivity contribution is 6.27. The molecule has 0 saturated heterocycles. The molecule has 0 radical (unpaired) electrons. The van der Waals surface area contributed by atoms with Gasteiger partial charge in [-0.1, -0.05) is 407 Å². The van der Waals surface area contributed by atoms with Gasteiger partial charge in [-0.2, -0.15) is 0 Å². The molecule has 0 aromatic heterocycles. The van der Waals surface area contributed by atoms with Crippen LogP contribution in [0.5, 0.6) is 34.5 Å². The van der Waals surface area contributed by atoms with Crippen molar-refractivity contribution < 1.29 is 28.4 Å². The summed E-state index contributed by atoms with van der Waals surface area (Å²) >= 11 is 0. The average Bonchev–Trinajstić information content (AvgIpc) is 1.06. The first kappa shape index (κ1) is 90.3. The van der Waals surface area contributed by atoms with Gasteiger partial charge >= 0.3 is 0 Å². The third kappa shape index (κ3) is 19.0. The Morgan fingerprint density at radius 2 is 0.232 bits per heavy atom. The summed E-state index contributed by atoms with van der Waals surface area (Å²) < 4.78 is 43.7. The van der Waals surface area contributed by atoms with E-state index in [2.05, 4.69) is 328 Å². The standard InChI is InChI=1S/C132H132O6/c1(13-49-91-97-55-19-31-67-109(97)110-68-32-20-56-98(91)110)7-43-79-133-127-85-121-122(86-128(127)134-80-44-8-2-14-50-92-99-57-21-33-69-111(99)112-70-34-22-58-100(92)112)124-88-130(136-82-46-10-4-16-52-94-103-61-25-37-73-115(103)116-74-38-26-62-104(94)116)132(138-84-48-12-6-18-54-96-107-65-29-41-77-119(107)120-78-42-30-66-108(96)120)90-126(124)125-89-131(137-83-47-11-5-17-53-95-105-63-27-39-75-117(105)118-76-40-28-64-106(95)118)129(87-123(121)125)135-81-45-9-3-15-51-93-101-59-23-35-71-113(101)114-72-36-24-60-102(93)114/h19-42,55-78,85-96H,1-18,43-54,79-84H2. The van der Waals surface area contributed by atoms with Crippen LogP contribution in [-0.4, -0.2) is 39.6 Å². The number of rotatable bonds is 48. The zero-order valence-corrected chi connectivity index (χ0v) is 80.5. The molecule has 0 spiro atoms. The summed E-state index contributed by atoms with van der Waals surface area (Å²) in [7, 11) is 0. The van der Waals surface area contributed by atoms with E-state index < -0.39 is 0 Å². The Hall–Kier alpha value is -12.9. The SMILES string of the molecule is c1ccc2c(c1)-c1ccccc1C2CCCCCCOc1cc2c3cc(OCCCCCCC4c5ccccc5-c5ccccc54)c(OCCCCCCC4c5ccccc5-c5ccccc54)cc3c3cc(OCCCCCCC4c5ccccc5-c5ccccc54)c(OCCCCCCC4c5ccccc5-c5ccccc54)cc3c2cc1OCCCCCCC1c2ccccc2-c2ccccc21. The van der Waals surface area contributed by atoms with E-state index in [4.69, 9.17) is 28.4 Å². The molecule has 16 aromatic carbocycles. The third-order valence-electron chi connectivity index (χ3n) is 31.8. The molecule has 0 heterocycles. The van der Waals surface area contributed by atoms with Gasteiger partial charge in [0.25, 0.3) is 0 Å². The van der Waals surface area contributed by atoms with Crippen molar-refractivity contribution in [1.82, 2.24) is 0 Å². The minimum atomic E-state index is 0.429. The molecule has 138 heavy (non-hydrogen) atoms. The number of hydrogen-bond acceptors (Lipinski definition) is 6. The highest BCUT2D eigenvalue weighted by Gasteiger charge is 2.35. The molecular weight excluding hydrogens is 1680 g/mol. The fourth-order valence-corrected chi connectivity index (χ4v) is 25.0. The van der Waals surface area contributed by atoms with Crippen LogP contribution in [0.3, 0.4) is 0 Å². The molecule has 6 nitrogen and oxygen atoms in total. The van der Waals surface area contributed by atoms with Crippen molar-refractivity contribution in [2.24, 2.45) is 0 Å². The van der Waals surface area contributed by atoms with Crippen molar-refractivity contribution in [3.8, 4) is 101 Å². The Labute approximate surface area is 818 Å². The average molecular weight is 1810 g/mol. The van der Waals surface area contributed by atoms with E-state index in [9.17, 15) is 0 Å². The Balaban J connectivity index is 0.572. The molecule has 6 heteroatoms. The first-order valence-corrected chi connectivity index (χ1v) is 53.0. The lowest BCUT2D eigenvalue weighted by Gasteiger charge is -2.21. The van der Waals surface area contributed by atoms with Crippen LogP contribution in [0.2, 0.25) is 0 Å². The maximum absolute atomic E-state index is 7.28. The Bertz CT molecular complexity index is 5600. The summed E-state index contributed by atoms with van der Waals surface area (Å²) in [5.74, 6) is 7.27. The maximum atomic E-state index is 7.28. The van der Waals surface area contributed by atoms with E-state index in [1.165, 1.54) is 134 Å². The lowest BCUT2D eigenvalue weighted by Crippen LogP contribution is -2.05. The molecule has 16 aromatic rings. The minimum Gasteiger partial charge on any atom is -0.490 e. The fraction of sp³-hybridized carbons (Fsp3) is 0.318. The number of benzene rings is 16. The van der Waals surface area contributed by atoms with Crippen molar-refractivity contribution in [2.75, 3.05) is 39.6 Å². The second kappa shape index (κ2) is 43.0. The molecule has 0 unspecified atom stereocenters. The predicted molar refractivity (Wildman–Crippen MR) is 573 cm³/mol. The van der Waals surface area contributed by atoms with Crippen molar-refractivity contribution in [1.29, 1.82) is 0 Å². The predicted octanol–water partition coefficient (Wildman–Crippen LogP) is 36.0. The molecule has 0 atom stereocenters. The van der Waals surface area contributed by atoms with E-state index in [0.717, 1.165) is 259 Å². The Morgan fingerprint density at radius 3 is 0.355 bits per heavy atom. The second-order valence-corrected chi connectivity index (χ2v) is 40.2. The van der Waals surface area contributed by atoms with Crippen molar-refractivity contribution >= 4 is 32.3 Å². The monoisotopic (exact) mass is 1810 g/mol. The van der Waals surface area contributed by atoms with E-state index in [-0.39, 0.29) is 0 Å². The molecule has 0 bridgehead atoms. The highest BCUT2D eigenvalue weighted by atomic mass is 16.5. The first-order chi connectivity index (χ1) is 68.6. The molecule has 696 valence electrons. The molecule has 0 saturated carbocycles. The minimum absolute atomic E-state index is 0.429. The van der Waals surface area contributed by atoms with E-state index >= 15 is 0 Å². The Morgan fingerprint density at radius 1 is 0.123 bits per heavy atom. The van der Waals surface area contributed by atoms with Gasteiger partial charge in [-0.3, -0.25) is 0 Å².